The molecule has 1 N–H and O–H groups in total. The molecule has 28 heavy (non-hydrogen) atoms. The number of nitrogens with one attached hydrogen (secondary N) is 1. The fourth-order valence-corrected chi connectivity index (χ4v) is 2.70. The van der Waals surface area contributed by atoms with Gasteiger partial charge in [0.05, 0.1) is 18.5 Å². The topological polar surface area (TPSA) is 96.0 Å². The second kappa shape index (κ2) is 7.65. The monoisotopic (exact) mass is 405 g/mol. The number of carbonyl (C=O) groups excluding carboxylic acids is 4. The molecule has 0 atom stereocenters. The first-order chi connectivity index (χ1) is 13.3. The fraction of sp³-hybridized carbons (Fsp3) is 0.111. The molecule has 1 saturated heterocycles. The van der Waals surface area contributed by atoms with Gasteiger partial charge in [0.2, 0.25) is 5.91 Å². The number of methoxy groups -OCH3 is 1. The Labute approximate surface area is 163 Å². The smallest absolute Gasteiger partial charge is 0.339 e. The van der Waals surface area contributed by atoms with Crippen LogP contribution in [0.4, 0.5) is 20.6 Å². The summed E-state index contributed by atoms with van der Waals surface area (Å²) < 4.78 is 18.7. The summed E-state index contributed by atoms with van der Waals surface area (Å²) in [6.45, 7) is -0.762. The average Bonchev–Trinajstić information content (AvgIpc) is 2.88. The molecule has 0 saturated carbocycles. The SMILES string of the molecule is COc1ccc(N2C(=O)C(=O)N(CC(=O)Nc3cc(Cl)ccc3F)C2=O)cc1. The standard InChI is InChI=1S/C18H13ClFN3O5/c1-28-12-5-3-11(4-6-12)23-17(26)16(25)22(18(23)27)9-15(24)21-14-8-10(19)2-7-13(14)20/h2-8H,9H2,1H3,(H,21,24). The molecule has 8 nitrogen and oxygen atoms in total. The van der Waals surface area contributed by atoms with E-state index in [-0.39, 0.29) is 16.4 Å². The van der Waals surface area contributed by atoms with Gasteiger partial charge in [-0.3, -0.25) is 14.4 Å². The first-order valence-electron chi connectivity index (χ1n) is 7.90. The van der Waals surface area contributed by atoms with Crippen molar-refractivity contribution in [3.8, 4) is 5.75 Å². The Bertz CT molecular complexity index is 980. The van der Waals surface area contributed by atoms with Gasteiger partial charge >= 0.3 is 17.8 Å². The highest BCUT2D eigenvalue weighted by Crippen LogP contribution is 2.25. The first kappa shape index (κ1) is 19.3. The van der Waals surface area contributed by atoms with Gasteiger partial charge in [0.25, 0.3) is 0 Å². The van der Waals surface area contributed by atoms with Crippen molar-refractivity contribution in [3.05, 3.63) is 53.3 Å². The molecule has 2 aromatic rings. The van der Waals surface area contributed by atoms with Crippen molar-refractivity contribution >= 4 is 46.7 Å². The Kier molecular flexibility index (Phi) is 5.27. The predicted molar refractivity (Wildman–Crippen MR) is 97.6 cm³/mol. The molecule has 144 valence electrons. The van der Waals surface area contributed by atoms with Crippen molar-refractivity contribution in [2.45, 2.75) is 0 Å². The molecule has 0 spiro atoms. The van der Waals surface area contributed by atoms with Gasteiger partial charge in [-0.05, 0) is 42.5 Å². The number of benzene rings is 2. The van der Waals surface area contributed by atoms with Gasteiger partial charge in [-0.1, -0.05) is 11.6 Å². The highest BCUT2D eigenvalue weighted by Gasteiger charge is 2.46. The maximum absolute atomic E-state index is 13.7. The van der Waals surface area contributed by atoms with Crippen molar-refractivity contribution in [2.75, 3.05) is 23.9 Å². The fourth-order valence-electron chi connectivity index (χ4n) is 2.53. The minimum atomic E-state index is -1.16. The van der Waals surface area contributed by atoms with Crippen LogP contribution in [0, 0.1) is 5.82 Å². The molecule has 0 unspecified atom stereocenters. The van der Waals surface area contributed by atoms with Gasteiger partial charge < -0.3 is 10.1 Å². The average molecular weight is 406 g/mol. The Morgan fingerprint density at radius 2 is 1.79 bits per heavy atom. The van der Waals surface area contributed by atoms with E-state index in [0.29, 0.717) is 15.5 Å². The molecular weight excluding hydrogens is 393 g/mol. The number of imide groups is 2. The molecule has 10 heteroatoms. The van der Waals surface area contributed by atoms with Crippen LogP contribution in [0.3, 0.4) is 0 Å². The van der Waals surface area contributed by atoms with Crippen LogP contribution < -0.4 is 15.0 Å². The third-order valence-electron chi connectivity index (χ3n) is 3.89. The maximum Gasteiger partial charge on any atom is 0.339 e. The molecule has 0 aliphatic carbocycles. The zero-order chi connectivity index (χ0) is 20.4. The summed E-state index contributed by atoms with van der Waals surface area (Å²) in [6, 6.07) is 8.42. The number of hydrogen-bond acceptors (Lipinski definition) is 5. The summed E-state index contributed by atoms with van der Waals surface area (Å²) in [6.07, 6.45) is 0. The number of nitrogens with zero attached hydrogens (tertiary/aromatic N) is 2. The van der Waals surface area contributed by atoms with E-state index in [1.807, 2.05) is 0 Å². The van der Waals surface area contributed by atoms with Crippen molar-refractivity contribution in [1.29, 1.82) is 0 Å². The van der Waals surface area contributed by atoms with Crippen LogP contribution in [0.2, 0.25) is 5.02 Å². The largest absolute Gasteiger partial charge is 0.497 e. The zero-order valence-electron chi connectivity index (χ0n) is 14.4. The summed E-state index contributed by atoms with van der Waals surface area (Å²) in [5.41, 5.74) is -0.0668. The van der Waals surface area contributed by atoms with Gasteiger partial charge in [0, 0.05) is 5.02 Å². The summed E-state index contributed by atoms with van der Waals surface area (Å²) in [5, 5.41) is 2.40. The van der Waals surface area contributed by atoms with Crippen molar-refractivity contribution in [2.24, 2.45) is 0 Å². The number of amides is 5. The third-order valence-corrected chi connectivity index (χ3v) is 4.12. The lowest BCUT2D eigenvalue weighted by molar-refractivity contribution is -0.140. The molecule has 1 fully saturated rings. The Balaban J connectivity index is 1.76. The van der Waals surface area contributed by atoms with Crippen LogP contribution >= 0.6 is 11.6 Å². The van der Waals surface area contributed by atoms with E-state index in [9.17, 15) is 23.6 Å². The van der Waals surface area contributed by atoms with Crippen molar-refractivity contribution < 1.29 is 28.3 Å². The molecule has 2 aromatic carbocycles. The summed E-state index contributed by atoms with van der Waals surface area (Å²) in [4.78, 5) is 50.1. The number of ether oxygens (including phenoxy) is 1. The van der Waals surface area contributed by atoms with E-state index in [0.717, 1.165) is 6.07 Å². The van der Waals surface area contributed by atoms with Crippen LogP contribution in [0.5, 0.6) is 5.75 Å². The molecule has 0 bridgehead atoms. The van der Waals surface area contributed by atoms with Crippen molar-refractivity contribution in [1.82, 2.24) is 4.90 Å². The van der Waals surface area contributed by atoms with E-state index in [1.165, 1.54) is 43.5 Å². The number of hydrogen-bond donors (Lipinski definition) is 1. The third kappa shape index (κ3) is 3.65. The zero-order valence-corrected chi connectivity index (χ0v) is 15.2. The van der Waals surface area contributed by atoms with E-state index < -0.39 is 36.1 Å². The van der Waals surface area contributed by atoms with Crippen LogP contribution in [0.25, 0.3) is 0 Å². The Morgan fingerprint density at radius 3 is 2.43 bits per heavy atom. The highest BCUT2D eigenvalue weighted by atomic mass is 35.5. The molecule has 1 aliphatic heterocycles. The highest BCUT2D eigenvalue weighted by molar-refractivity contribution is 6.53. The minimum Gasteiger partial charge on any atom is -0.497 e. The number of rotatable bonds is 5. The van der Waals surface area contributed by atoms with Gasteiger partial charge in [0.1, 0.15) is 18.1 Å². The van der Waals surface area contributed by atoms with Crippen molar-refractivity contribution in [3.63, 3.8) is 0 Å². The Hall–Kier alpha value is -3.46. The summed E-state index contributed by atoms with van der Waals surface area (Å²) >= 11 is 5.75. The van der Waals surface area contributed by atoms with Crippen LogP contribution in [0.1, 0.15) is 0 Å². The summed E-state index contributed by atoms with van der Waals surface area (Å²) in [7, 11) is 1.45. The molecule has 0 aromatic heterocycles. The molecule has 1 heterocycles. The number of anilines is 2. The van der Waals surface area contributed by atoms with Crippen LogP contribution in [-0.4, -0.2) is 42.3 Å². The van der Waals surface area contributed by atoms with Crippen LogP contribution in [0.15, 0.2) is 42.5 Å². The van der Waals surface area contributed by atoms with Gasteiger partial charge in [-0.25, -0.2) is 19.0 Å². The van der Waals surface area contributed by atoms with Gasteiger partial charge in [-0.2, -0.15) is 0 Å². The maximum atomic E-state index is 13.7. The summed E-state index contributed by atoms with van der Waals surface area (Å²) in [5.74, 6) is -3.38. The van der Waals surface area contributed by atoms with Crippen LogP contribution in [-0.2, 0) is 14.4 Å². The minimum absolute atomic E-state index is 0.146. The molecule has 5 amide bonds. The normalized spacial score (nSPS) is 13.9. The molecule has 3 rings (SSSR count). The second-order valence-electron chi connectivity index (χ2n) is 5.68. The number of halogens is 2. The van der Waals surface area contributed by atoms with E-state index in [4.69, 9.17) is 16.3 Å². The lowest BCUT2D eigenvalue weighted by Crippen LogP contribution is -2.39. The van der Waals surface area contributed by atoms with Gasteiger partial charge in [-0.15, -0.1) is 0 Å². The number of carbonyl (C=O) groups is 4. The quantitative estimate of drug-likeness (QED) is 0.608. The molecule has 0 radical (unpaired) electrons. The van der Waals surface area contributed by atoms with Gasteiger partial charge in [0.15, 0.2) is 0 Å². The molecular formula is C18H13ClFN3O5. The predicted octanol–water partition coefficient (Wildman–Crippen LogP) is 2.42. The van der Waals surface area contributed by atoms with E-state index >= 15 is 0 Å². The number of urea groups is 1. The Morgan fingerprint density at radius 1 is 1.11 bits per heavy atom. The lowest BCUT2D eigenvalue weighted by atomic mass is 10.3. The second-order valence-corrected chi connectivity index (χ2v) is 6.12. The van der Waals surface area contributed by atoms with E-state index in [2.05, 4.69) is 5.32 Å². The first-order valence-corrected chi connectivity index (χ1v) is 8.28. The van der Waals surface area contributed by atoms with E-state index in [1.54, 1.807) is 0 Å². The molecule has 1 aliphatic rings. The lowest BCUT2D eigenvalue weighted by Gasteiger charge is -2.16.